The highest BCUT2D eigenvalue weighted by atomic mass is 35.5. The summed E-state index contributed by atoms with van der Waals surface area (Å²) < 4.78 is 50.7. The van der Waals surface area contributed by atoms with E-state index in [0.29, 0.717) is 5.56 Å². The number of nitrogens with zero attached hydrogens (tertiary/aromatic N) is 1. The van der Waals surface area contributed by atoms with E-state index in [-0.39, 0.29) is 47.4 Å². The second-order valence-electron chi connectivity index (χ2n) is 11.0. The van der Waals surface area contributed by atoms with Crippen molar-refractivity contribution in [3.05, 3.63) is 69.8 Å². The van der Waals surface area contributed by atoms with Gasteiger partial charge in [0, 0.05) is 22.6 Å². The Morgan fingerprint density at radius 2 is 1.78 bits per heavy atom. The van der Waals surface area contributed by atoms with Crippen LogP contribution in [0.2, 0.25) is 5.02 Å². The Labute approximate surface area is 261 Å². The summed E-state index contributed by atoms with van der Waals surface area (Å²) in [5.74, 6) is -2.13. The molecule has 2 heterocycles. The first-order valence-electron chi connectivity index (χ1n) is 14.1. The smallest absolute Gasteiger partial charge is 0.247 e. The average molecular weight is 655 g/mol. The van der Waals surface area contributed by atoms with Crippen LogP contribution in [-0.2, 0) is 30.4 Å². The summed E-state index contributed by atoms with van der Waals surface area (Å²) in [5, 5.41) is 48.4. The minimum Gasteiger partial charge on any atom is -0.462 e. The highest BCUT2D eigenvalue weighted by molar-refractivity contribution is 6.30. The quantitative estimate of drug-likeness (QED) is 0.153. The van der Waals surface area contributed by atoms with E-state index in [9.17, 15) is 34.0 Å². The second-order valence-corrected chi connectivity index (χ2v) is 11.5. The van der Waals surface area contributed by atoms with Crippen LogP contribution in [0, 0.1) is 11.6 Å². The summed E-state index contributed by atoms with van der Waals surface area (Å²) in [7, 11) is 0. The van der Waals surface area contributed by atoms with Gasteiger partial charge < -0.3 is 49.5 Å². The van der Waals surface area contributed by atoms with E-state index in [1.807, 2.05) is 0 Å². The van der Waals surface area contributed by atoms with Crippen LogP contribution in [0.15, 0.2) is 47.1 Å². The largest absolute Gasteiger partial charge is 0.462 e. The maximum absolute atomic E-state index is 15.0. The number of aliphatic hydroxyl groups excluding tert-OH is 4. The van der Waals surface area contributed by atoms with Gasteiger partial charge in [0.25, 0.3) is 0 Å². The SMILES string of the molecule is CC(=Cc1ccc(O[C@@H]2C[C@H](O)[C@H](C(C)=NOCc3ccc(Cl)cc3F)O2)c(F)c1)C(=O)N[C@@H]1[C@H](O)[C@@H](O)[C@H]2OCO[C@H]2[C@@H]1O. The van der Waals surface area contributed by atoms with E-state index in [0.717, 1.165) is 12.1 Å². The fraction of sp³-hybridized carbons (Fsp3) is 0.467. The number of halogens is 3. The van der Waals surface area contributed by atoms with E-state index >= 15 is 0 Å². The van der Waals surface area contributed by atoms with Gasteiger partial charge in [0.05, 0.1) is 17.9 Å². The molecule has 0 unspecified atom stereocenters. The first-order chi connectivity index (χ1) is 21.4. The molecule has 0 spiro atoms. The molecule has 9 atom stereocenters. The number of carbonyl (C=O) groups excluding carboxylic acids is 1. The van der Waals surface area contributed by atoms with Gasteiger partial charge in [-0.05, 0) is 49.8 Å². The van der Waals surface area contributed by atoms with Crippen molar-refractivity contribution in [2.24, 2.45) is 5.16 Å². The van der Waals surface area contributed by atoms with Crippen molar-refractivity contribution >= 4 is 29.3 Å². The number of aliphatic hydroxyl groups is 4. The molecular weight excluding hydrogens is 622 g/mol. The Morgan fingerprint density at radius 1 is 1.04 bits per heavy atom. The van der Waals surface area contributed by atoms with E-state index in [4.69, 9.17) is 35.4 Å². The van der Waals surface area contributed by atoms with E-state index in [1.165, 1.54) is 37.3 Å². The Bertz CT molecular complexity index is 1460. The molecule has 3 aliphatic rings. The molecule has 15 heteroatoms. The number of nitrogens with one attached hydrogen (secondary N) is 1. The number of oxime groups is 1. The van der Waals surface area contributed by atoms with Crippen molar-refractivity contribution in [3.8, 4) is 5.75 Å². The maximum Gasteiger partial charge on any atom is 0.247 e. The lowest BCUT2D eigenvalue weighted by Crippen LogP contribution is -2.67. The van der Waals surface area contributed by atoms with Gasteiger partial charge in [0.1, 0.15) is 55.8 Å². The third-order valence-corrected chi connectivity index (χ3v) is 8.03. The summed E-state index contributed by atoms with van der Waals surface area (Å²) >= 11 is 5.75. The van der Waals surface area contributed by atoms with Crippen LogP contribution < -0.4 is 10.1 Å². The molecule has 5 rings (SSSR count). The standard InChI is InChI=1S/C30H33ClF2N2O10/c1-13(30(40)34-23-24(37)26(39)29-28(25(23)38)41-12-42-29)7-15-3-6-21(19(33)8-15)44-22-10-20(36)27(45-22)14(2)35-43-11-16-4-5-17(31)9-18(16)32/h3-9,20,22-29,36-39H,10-12H2,1-2H3,(H,34,40)/t20-,22-,23+,24-,25+,26+,27-,28-,29+/m0/s1. The molecule has 3 fully saturated rings. The van der Waals surface area contributed by atoms with Crippen LogP contribution in [0.3, 0.4) is 0 Å². The Hall–Kier alpha value is -3.21. The molecule has 1 saturated carbocycles. The molecule has 2 aromatic carbocycles. The van der Waals surface area contributed by atoms with Crippen molar-refractivity contribution in [2.75, 3.05) is 6.79 Å². The molecule has 0 bridgehead atoms. The lowest BCUT2D eigenvalue weighted by Gasteiger charge is -2.41. The van der Waals surface area contributed by atoms with Crippen LogP contribution in [0.4, 0.5) is 8.78 Å². The fourth-order valence-electron chi connectivity index (χ4n) is 5.36. The van der Waals surface area contributed by atoms with Crippen LogP contribution in [-0.4, -0.2) is 93.9 Å². The zero-order valence-corrected chi connectivity index (χ0v) is 24.9. The number of hydrogen-bond donors (Lipinski definition) is 5. The Balaban J connectivity index is 1.15. The average Bonchev–Trinajstić information content (AvgIpc) is 3.63. The summed E-state index contributed by atoms with van der Waals surface area (Å²) in [5.41, 5.74) is 0.948. The van der Waals surface area contributed by atoms with Gasteiger partial charge >= 0.3 is 0 Å². The third kappa shape index (κ3) is 7.45. The van der Waals surface area contributed by atoms with Crippen molar-refractivity contribution in [3.63, 3.8) is 0 Å². The number of rotatable bonds is 9. The molecular formula is C30H33ClF2N2O10. The monoisotopic (exact) mass is 654 g/mol. The van der Waals surface area contributed by atoms with Crippen molar-refractivity contribution in [2.45, 2.75) is 81.9 Å². The van der Waals surface area contributed by atoms with Gasteiger partial charge in [-0.2, -0.15) is 0 Å². The van der Waals surface area contributed by atoms with Gasteiger partial charge in [0.15, 0.2) is 11.6 Å². The van der Waals surface area contributed by atoms with Gasteiger partial charge in [-0.25, -0.2) is 8.78 Å². The molecule has 1 amide bonds. The Kier molecular flexibility index (Phi) is 10.4. The van der Waals surface area contributed by atoms with Crippen LogP contribution in [0.5, 0.6) is 5.75 Å². The lowest BCUT2D eigenvalue weighted by molar-refractivity contribution is -0.155. The van der Waals surface area contributed by atoms with E-state index < -0.39 is 72.6 Å². The molecule has 0 radical (unpaired) electrons. The van der Waals surface area contributed by atoms with E-state index in [2.05, 4.69) is 10.5 Å². The number of ether oxygens (including phenoxy) is 4. The molecule has 5 N–H and O–H groups in total. The first-order valence-corrected chi connectivity index (χ1v) is 14.5. The van der Waals surface area contributed by atoms with Gasteiger partial charge in [0.2, 0.25) is 12.2 Å². The normalized spacial score (nSPS) is 31.9. The summed E-state index contributed by atoms with van der Waals surface area (Å²) in [6.45, 7) is 2.68. The molecule has 12 nitrogen and oxygen atoms in total. The molecule has 2 saturated heterocycles. The zero-order chi connectivity index (χ0) is 32.4. The summed E-state index contributed by atoms with van der Waals surface area (Å²) in [6, 6.07) is 6.87. The highest BCUT2D eigenvalue weighted by Crippen LogP contribution is 2.31. The number of benzene rings is 2. The van der Waals surface area contributed by atoms with Crippen molar-refractivity contribution in [1.82, 2.24) is 5.32 Å². The van der Waals surface area contributed by atoms with Gasteiger partial charge in [-0.15, -0.1) is 0 Å². The van der Waals surface area contributed by atoms with Crippen LogP contribution in [0.25, 0.3) is 6.08 Å². The number of fused-ring (bicyclic) bond motifs is 1. The predicted octanol–water partition coefficient (Wildman–Crippen LogP) is 1.79. The molecule has 2 aliphatic heterocycles. The van der Waals surface area contributed by atoms with Gasteiger partial charge in [-0.1, -0.05) is 28.9 Å². The van der Waals surface area contributed by atoms with Crippen molar-refractivity contribution < 1.29 is 57.8 Å². The maximum atomic E-state index is 15.0. The van der Waals surface area contributed by atoms with Gasteiger partial charge in [-0.3, -0.25) is 4.79 Å². The second kappa shape index (κ2) is 14.1. The lowest BCUT2D eigenvalue weighted by atomic mass is 9.83. The third-order valence-electron chi connectivity index (χ3n) is 7.79. The molecule has 2 aromatic rings. The van der Waals surface area contributed by atoms with Crippen LogP contribution >= 0.6 is 11.6 Å². The fourth-order valence-corrected chi connectivity index (χ4v) is 5.52. The molecule has 244 valence electrons. The molecule has 1 aliphatic carbocycles. The molecule has 45 heavy (non-hydrogen) atoms. The number of hydrogen-bond acceptors (Lipinski definition) is 11. The van der Waals surface area contributed by atoms with E-state index in [1.54, 1.807) is 6.92 Å². The summed E-state index contributed by atoms with van der Waals surface area (Å²) in [4.78, 5) is 18.0. The number of carbonyl (C=O) groups is 1. The predicted molar refractivity (Wildman–Crippen MR) is 154 cm³/mol. The minimum absolute atomic E-state index is 0.00997. The minimum atomic E-state index is -1.51. The first kappa shape index (κ1) is 33.2. The Morgan fingerprint density at radius 3 is 2.49 bits per heavy atom. The van der Waals surface area contributed by atoms with Crippen LogP contribution in [0.1, 0.15) is 31.4 Å². The topological polar surface area (TPSA) is 169 Å². The van der Waals surface area contributed by atoms with Crippen molar-refractivity contribution in [1.29, 1.82) is 0 Å². The highest BCUT2D eigenvalue weighted by Gasteiger charge is 2.53. The zero-order valence-electron chi connectivity index (χ0n) is 24.2. The number of amides is 1. The summed E-state index contributed by atoms with van der Waals surface area (Å²) in [6.07, 6.45) is -7.61. The molecule has 0 aromatic heterocycles.